The van der Waals surface area contributed by atoms with Gasteiger partial charge in [-0.3, -0.25) is 19.3 Å². The van der Waals surface area contributed by atoms with Gasteiger partial charge in [0.1, 0.15) is 0 Å². The average molecular weight is 367 g/mol. The zero-order chi connectivity index (χ0) is 19.9. The first-order valence-corrected chi connectivity index (χ1v) is 10.6. The Morgan fingerprint density at radius 1 is 0.962 bits per heavy atom. The number of amides is 3. The van der Waals surface area contributed by atoms with Gasteiger partial charge in [0, 0.05) is 37.9 Å². The molecule has 0 aromatic heterocycles. The maximum Gasteiger partial charge on any atom is 0.232 e. The largest absolute Gasteiger partial charge is 0.342 e. The van der Waals surface area contributed by atoms with Gasteiger partial charge < -0.3 is 4.90 Å². The Bertz CT molecular complexity index is 478. The summed E-state index contributed by atoms with van der Waals surface area (Å²) in [5.74, 6) is 1.31. The zero-order valence-electron chi connectivity index (χ0n) is 17.6. The predicted molar refractivity (Wildman–Crippen MR) is 104 cm³/mol. The van der Waals surface area contributed by atoms with Crippen LogP contribution < -0.4 is 0 Å². The molecule has 0 aromatic rings. The van der Waals surface area contributed by atoms with E-state index in [2.05, 4.69) is 6.92 Å². The minimum Gasteiger partial charge on any atom is -0.342 e. The Hall–Kier alpha value is -1.39. The summed E-state index contributed by atoms with van der Waals surface area (Å²) >= 11 is 0. The molecule has 1 unspecified atom stereocenters. The van der Waals surface area contributed by atoms with Crippen LogP contribution in [0.15, 0.2) is 0 Å². The quantitative estimate of drug-likeness (QED) is 0.715. The molecule has 5 heteroatoms. The smallest absolute Gasteiger partial charge is 0.232 e. The molecular weight excluding hydrogens is 328 g/mol. The molecule has 150 valence electrons. The Morgan fingerprint density at radius 2 is 1.50 bits per heavy atom. The van der Waals surface area contributed by atoms with Crippen molar-refractivity contribution in [1.29, 1.82) is 0 Å². The number of hydrogen-bond donors (Lipinski definition) is 0. The van der Waals surface area contributed by atoms with Crippen LogP contribution in [0.2, 0.25) is 0 Å². The van der Waals surface area contributed by atoms with Crippen LogP contribution in [-0.2, 0) is 14.4 Å². The second kappa shape index (κ2) is 10.7. The van der Waals surface area contributed by atoms with Gasteiger partial charge >= 0.3 is 0 Å². The van der Waals surface area contributed by atoms with Gasteiger partial charge in [-0.25, -0.2) is 0 Å². The number of nitrogens with zero attached hydrogens (tertiary/aromatic N) is 2. The molecule has 0 spiro atoms. The highest BCUT2D eigenvalue weighted by Gasteiger charge is 2.39. The SMILES string of the molecule is CC.CC.CC1CN(C(=O)C2CCC(CN3C(=O)CC(C)C3=O)CC2)C1. The van der Waals surface area contributed by atoms with E-state index < -0.39 is 0 Å². The second-order valence-electron chi connectivity index (χ2n) is 7.51. The summed E-state index contributed by atoms with van der Waals surface area (Å²) in [4.78, 5) is 39.6. The fourth-order valence-corrected chi connectivity index (χ4v) is 4.03. The van der Waals surface area contributed by atoms with Crippen LogP contribution in [0.4, 0.5) is 0 Å². The molecule has 0 N–H and O–H groups in total. The lowest BCUT2D eigenvalue weighted by atomic mass is 9.80. The molecule has 5 nitrogen and oxygen atoms in total. The highest BCUT2D eigenvalue weighted by atomic mass is 16.2. The second-order valence-corrected chi connectivity index (χ2v) is 7.51. The minimum absolute atomic E-state index is 0.0160. The van der Waals surface area contributed by atoms with Crippen molar-refractivity contribution >= 4 is 17.7 Å². The third-order valence-electron chi connectivity index (χ3n) is 5.48. The summed E-state index contributed by atoms with van der Waals surface area (Å²) in [6.07, 6.45) is 4.07. The van der Waals surface area contributed by atoms with Crippen molar-refractivity contribution in [2.45, 2.75) is 73.6 Å². The molecule has 2 aliphatic heterocycles. The lowest BCUT2D eigenvalue weighted by Crippen LogP contribution is -2.51. The topological polar surface area (TPSA) is 57.7 Å². The van der Waals surface area contributed by atoms with Crippen molar-refractivity contribution in [3.63, 3.8) is 0 Å². The number of carbonyl (C=O) groups excluding carboxylic acids is 3. The molecule has 1 atom stereocenters. The molecule has 3 amide bonds. The fourth-order valence-electron chi connectivity index (χ4n) is 4.03. The summed E-state index contributed by atoms with van der Waals surface area (Å²) in [5.41, 5.74) is 0. The van der Waals surface area contributed by atoms with Crippen molar-refractivity contribution in [1.82, 2.24) is 9.80 Å². The van der Waals surface area contributed by atoms with E-state index in [1.165, 1.54) is 4.90 Å². The van der Waals surface area contributed by atoms with Crippen LogP contribution in [0.5, 0.6) is 0 Å². The minimum atomic E-state index is -0.154. The summed E-state index contributed by atoms with van der Waals surface area (Å²) in [5, 5.41) is 0. The third-order valence-corrected chi connectivity index (χ3v) is 5.48. The first-order chi connectivity index (χ1) is 12.5. The summed E-state index contributed by atoms with van der Waals surface area (Å²) in [6.45, 7) is 14.4. The van der Waals surface area contributed by atoms with Gasteiger partial charge in [0.2, 0.25) is 17.7 Å². The van der Waals surface area contributed by atoms with Crippen LogP contribution >= 0.6 is 0 Å². The van der Waals surface area contributed by atoms with E-state index >= 15 is 0 Å². The standard InChI is InChI=1S/C17H26N2O3.2C2H6/c1-11-8-18(9-11)17(22)14-5-3-13(4-6-14)10-19-15(20)7-12(2)16(19)21;2*1-2/h11-14H,3-10H2,1-2H3;2*1-2H3. The number of hydrogen-bond acceptors (Lipinski definition) is 3. The van der Waals surface area contributed by atoms with Gasteiger partial charge in [0.25, 0.3) is 0 Å². The first kappa shape index (κ1) is 22.7. The average Bonchev–Trinajstić information content (AvgIpc) is 2.88. The maximum absolute atomic E-state index is 12.3. The fraction of sp³-hybridized carbons (Fsp3) is 0.857. The molecule has 0 bridgehead atoms. The molecule has 26 heavy (non-hydrogen) atoms. The van der Waals surface area contributed by atoms with Gasteiger partial charge in [0.05, 0.1) is 0 Å². The normalized spacial score (nSPS) is 28.6. The molecule has 0 aromatic carbocycles. The van der Waals surface area contributed by atoms with Gasteiger partial charge in [-0.1, -0.05) is 41.5 Å². The van der Waals surface area contributed by atoms with Gasteiger partial charge in [-0.05, 0) is 37.5 Å². The van der Waals surface area contributed by atoms with Gasteiger partial charge in [-0.15, -0.1) is 0 Å². The van der Waals surface area contributed by atoms with Crippen molar-refractivity contribution in [3.8, 4) is 0 Å². The summed E-state index contributed by atoms with van der Waals surface area (Å²) in [7, 11) is 0. The van der Waals surface area contributed by atoms with Gasteiger partial charge in [-0.2, -0.15) is 0 Å². The number of carbonyl (C=O) groups is 3. The lowest BCUT2D eigenvalue weighted by Gasteiger charge is -2.41. The molecule has 3 aliphatic rings. The Labute approximate surface area is 159 Å². The van der Waals surface area contributed by atoms with Crippen molar-refractivity contribution in [3.05, 3.63) is 0 Å². The van der Waals surface area contributed by atoms with E-state index in [4.69, 9.17) is 0 Å². The van der Waals surface area contributed by atoms with Crippen molar-refractivity contribution in [2.24, 2.45) is 23.7 Å². The molecule has 1 saturated carbocycles. The molecule has 3 fully saturated rings. The Balaban J connectivity index is 0.000000791. The third kappa shape index (κ3) is 5.31. The van der Waals surface area contributed by atoms with Crippen LogP contribution in [0.3, 0.4) is 0 Å². The van der Waals surface area contributed by atoms with E-state index in [-0.39, 0.29) is 23.7 Å². The maximum atomic E-state index is 12.3. The predicted octanol–water partition coefficient (Wildman–Crippen LogP) is 3.72. The summed E-state index contributed by atoms with van der Waals surface area (Å²) in [6, 6.07) is 0. The van der Waals surface area contributed by atoms with Crippen molar-refractivity contribution in [2.75, 3.05) is 19.6 Å². The highest BCUT2D eigenvalue weighted by molar-refractivity contribution is 6.03. The zero-order valence-corrected chi connectivity index (χ0v) is 17.6. The van der Waals surface area contributed by atoms with Gasteiger partial charge in [0.15, 0.2) is 0 Å². The van der Waals surface area contributed by atoms with E-state index in [0.717, 1.165) is 38.8 Å². The van der Waals surface area contributed by atoms with Crippen LogP contribution in [0.1, 0.15) is 73.6 Å². The van der Waals surface area contributed by atoms with E-state index in [1.807, 2.05) is 39.5 Å². The molecule has 1 aliphatic carbocycles. The molecular formula is C21H38N2O3. The number of rotatable bonds is 3. The van der Waals surface area contributed by atoms with E-state index in [9.17, 15) is 14.4 Å². The van der Waals surface area contributed by atoms with Crippen molar-refractivity contribution < 1.29 is 14.4 Å². The van der Waals surface area contributed by atoms with Crippen LogP contribution in [0, 0.1) is 23.7 Å². The molecule has 2 heterocycles. The molecule has 0 radical (unpaired) electrons. The Kier molecular flexibility index (Phi) is 9.31. The molecule has 2 saturated heterocycles. The van der Waals surface area contributed by atoms with Crippen LogP contribution in [-0.4, -0.2) is 47.2 Å². The lowest BCUT2D eigenvalue weighted by molar-refractivity contribution is -0.144. The number of likely N-dealkylation sites (tertiary alicyclic amines) is 2. The van der Waals surface area contributed by atoms with E-state index in [0.29, 0.717) is 30.7 Å². The monoisotopic (exact) mass is 366 g/mol. The Morgan fingerprint density at radius 3 is 1.92 bits per heavy atom. The highest BCUT2D eigenvalue weighted by Crippen LogP contribution is 2.33. The van der Waals surface area contributed by atoms with Crippen LogP contribution in [0.25, 0.3) is 0 Å². The molecule has 3 rings (SSSR count). The first-order valence-electron chi connectivity index (χ1n) is 10.6. The van der Waals surface area contributed by atoms with E-state index in [1.54, 1.807) is 0 Å². The summed E-state index contributed by atoms with van der Waals surface area (Å²) < 4.78 is 0. The number of imide groups is 1.